The van der Waals surface area contributed by atoms with E-state index in [-0.39, 0.29) is 5.91 Å². The first-order chi connectivity index (χ1) is 12.0. The summed E-state index contributed by atoms with van der Waals surface area (Å²) in [7, 11) is 1.60. The lowest BCUT2D eigenvalue weighted by Crippen LogP contribution is -2.11. The van der Waals surface area contributed by atoms with Crippen LogP contribution in [-0.2, 0) is 0 Å². The number of nitrogens with zero attached hydrogens (tertiary/aromatic N) is 1. The fraction of sp³-hybridized carbons (Fsp3) is 0.200. The molecule has 0 saturated heterocycles. The van der Waals surface area contributed by atoms with Gasteiger partial charge >= 0.3 is 0 Å². The number of aromatic nitrogens is 1. The van der Waals surface area contributed by atoms with Gasteiger partial charge in [-0.3, -0.25) is 10.1 Å². The summed E-state index contributed by atoms with van der Waals surface area (Å²) in [5, 5.41) is 5.44. The third-order valence-corrected chi connectivity index (χ3v) is 4.77. The molecule has 0 saturated carbocycles. The highest BCUT2D eigenvalue weighted by Crippen LogP contribution is 2.31. The molecule has 0 spiro atoms. The molecule has 3 aromatic rings. The normalized spacial score (nSPS) is 10.6. The first-order valence-electron chi connectivity index (χ1n) is 7.97. The summed E-state index contributed by atoms with van der Waals surface area (Å²) in [5.74, 6) is 0.541. The van der Waals surface area contributed by atoms with Crippen molar-refractivity contribution in [1.82, 2.24) is 4.98 Å². The van der Waals surface area contributed by atoms with Crippen LogP contribution in [0.25, 0.3) is 11.3 Å². The first kappa shape index (κ1) is 17.2. The summed E-state index contributed by atoms with van der Waals surface area (Å²) in [6.45, 7) is 6.26. The number of nitrogens with one attached hydrogen (secondary N) is 1. The number of aryl methyl sites for hydroxylation is 3. The number of hydrogen-bond acceptors (Lipinski definition) is 4. The summed E-state index contributed by atoms with van der Waals surface area (Å²) in [4.78, 5) is 16.9. The zero-order valence-corrected chi connectivity index (χ0v) is 15.5. The van der Waals surface area contributed by atoms with E-state index in [1.165, 1.54) is 28.0 Å². The van der Waals surface area contributed by atoms with Gasteiger partial charge in [-0.05, 0) is 56.2 Å². The Morgan fingerprint density at radius 3 is 2.32 bits per heavy atom. The molecule has 3 rings (SSSR count). The number of thiazole rings is 1. The van der Waals surface area contributed by atoms with E-state index >= 15 is 0 Å². The fourth-order valence-electron chi connectivity index (χ4n) is 2.94. The van der Waals surface area contributed by atoms with Gasteiger partial charge < -0.3 is 4.74 Å². The number of benzene rings is 2. The topological polar surface area (TPSA) is 51.2 Å². The third kappa shape index (κ3) is 3.72. The van der Waals surface area contributed by atoms with Gasteiger partial charge in [0.15, 0.2) is 5.13 Å². The molecule has 0 aliphatic rings. The van der Waals surface area contributed by atoms with E-state index in [4.69, 9.17) is 4.74 Å². The maximum Gasteiger partial charge on any atom is 0.257 e. The Balaban J connectivity index is 1.81. The van der Waals surface area contributed by atoms with Crippen LogP contribution in [0, 0.1) is 20.8 Å². The van der Waals surface area contributed by atoms with Crippen LogP contribution in [0.2, 0.25) is 0 Å². The molecule has 1 aromatic heterocycles. The molecular weight excluding hydrogens is 332 g/mol. The molecule has 5 heteroatoms. The maximum atomic E-state index is 12.4. The standard InChI is InChI=1S/C20H20N2O2S/c1-12-9-13(2)18(14(3)10-12)17-11-25-20(21-17)22-19(23)15-5-7-16(24-4)8-6-15/h5-11H,1-4H3,(H,21,22,23). The minimum Gasteiger partial charge on any atom is -0.497 e. The lowest BCUT2D eigenvalue weighted by atomic mass is 9.98. The number of ether oxygens (including phenoxy) is 1. The fourth-order valence-corrected chi connectivity index (χ4v) is 3.64. The van der Waals surface area contributed by atoms with E-state index < -0.39 is 0 Å². The highest BCUT2D eigenvalue weighted by atomic mass is 32.1. The first-order valence-corrected chi connectivity index (χ1v) is 8.85. The molecule has 0 bridgehead atoms. The molecule has 0 unspecified atom stereocenters. The van der Waals surface area contributed by atoms with Crippen LogP contribution < -0.4 is 10.1 Å². The molecule has 1 N–H and O–H groups in total. The average Bonchev–Trinajstić information content (AvgIpc) is 3.02. The van der Waals surface area contributed by atoms with Gasteiger partial charge in [0.25, 0.3) is 5.91 Å². The minimum atomic E-state index is -0.180. The number of carbonyl (C=O) groups excluding carboxylic acids is 1. The summed E-state index contributed by atoms with van der Waals surface area (Å²) in [6.07, 6.45) is 0. The smallest absolute Gasteiger partial charge is 0.257 e. The molecule has 1 heterocycles. The van der Waals surface area contributed by atoms with Crippen molar-refractivity contribution >= 4 is 22.4 Å². The third-order valence-electron chi connectivity index (χ3n) is 4.01. The second kappa shape index (κ2) is 7.07. The van der Waals surface area contributed by atoms with Crippen LogP contribution >= 0.6 is 11.3 Å². The van der Waals surface area contributed by atoms with Crippen LogP contribution in [-0.4, -0.2) is 18.0 Å². The van der Waals surface area contributed by atoms with Crippen molar-refractivity contribution in [3.63, 3.8) is 0 Å². The lowest BCUT2D eigenvalue weighted by Gasteiger charge is -2.08. The number of rotatable bonds is 4. The van der Waals surface area contributed by atoms with E-state index in [0.717, 1.165) is 17.0 Å². The Labute approximate surface area is 151 Å². The highest BCUT2D eigenvalue weighted by molar-refractivity contribution is 7.14. The van der Waals surface area contributed by atoms with E-state index in [0.29, 0.717) is 10.7 Å². The summed E-state index contributed by atoms with van der Waals surface area (Å²) in [6, 6.07) is 11.3. The number of carbonyl (C=O) groups is 1. The van der Waals surface area contributed by atoms with Crippen LogP contribution in [0.5, 0.6) is 5.75 Å². The SMILES string of the molecule is COc1ccc(C(=O)Nc2nc(-c3c(C)cc(C)cc3C)cs2)cc1. The zero-order valence-electron chi connectivity index (χ0n) is 14.7. The number of anilines is 1. The Morgan fingerprint density at radius 1 is 1.08 bits per heavy atom. The quantitative estimate of drug-likeness (QED) is 0.719. The maximum absolute atomic E-state index is 12.4. The second-order valence-electron chi connectivity index (χ2n) is 5.99. The molecule has 0 radical (unpaired) electrons. The highest BCUT2D eigenvalue weighted by Gasteiger charge is 2.13. The zero-order chi connectivity index (χ0) is 18.0. The molecule has 0 fully saturated rings. The number of methoxy groups -OCH3 is 1. The van der Waals surface area contributed by atoms with Gasteiger partial charge in [0, 0.05) is 16.5 Å². The predicted molar refractivity (Wildman–Crippen MR) is 103 cm³/mol. The molecule has 1 amide bonds. The van der Waals surface area contributed by atoms with Crippen molar-refractivity contribution in [2.45, 2.75) is 20.8 Å². The molecule has 0 aliphatic carbocycles. The van der Waals surface area contributed by atoms with E-state index in [1.54, 1.807) is 31.4 Å². The average molecular weight is 352 g/mol. The van der Waals surface area contributed by atoms with E-state index in [1.807, 2.05) is 5.38 Å². The van der Waals surface area contributed by atoms with Crippen LogP contribution in [0.1, 0.15) is 27.0 Å². The molecule has 2 aromatic carbocycles. The van der Waals surface area contributed by atoms with Crippen LogP contribution in [0.3, 0.4) is 0 Å². The largest absolute Gasteiger partial charge is 0.497 e. The van der Waals surface area contributed by atoms with Crippen LogP contribution in [0.4, 0.5) is 5.13 Å². The summed E-state index contributed by atoms with van der Waals surface area (Å²) >= 11 is 1.43. The van der Waals surface area contributed by atoms with Crippen molar-refractivity contribution < 1.29 is 9.53 Å². The summed E-state index contributed by atoms with van der Waals surface area (Å²) < 4.78 is 5.11. The number of hydrogen-bond donors (Lipinski definition) is 1. The molecule has 25 heavy (non-hydrogen) atoms. The van der Waals surface area contributed by atoms with Gasteiger partial charge in [-0.2, -0.15) is 0 Å². The Bertz CT molecular complexity index is 891. The second-order valence-corrected chi connectivity index (χ2v) is 6.85. The van der Waals surface area contributed by atoms with Gasteiger partial charge in [0.05, 0.1) is 12.8 Å². The number of amides is 1. The minimum absolute atomic E-state index is 0.180. The van der Waals surface area contributed by atoms with Crippen molar-refractivity contribution in [2.75, 3.05) is 12.4 Å². The Morgan fingerprint density at radius 2 is 1.72 bits per heavy atom. The van der Waals surface area contributed by atoms with Gasteiger partial charge in [0.1, 0.15) is 5.75 Å². The Hall–Kier alpha value is -2.66. The van der Waals surface area contributed by atoms with Crippen molar-refractivity contribution in [2.24, 2.45) is 0 Å². The Kier molecular flexibility index (Phi) is 4.86. The van der Waals surface area contributed by atoms with Gasteiger partial charge in [-0.1, -0.05) is 17.7 Å². The van der Waals surface area contributed by atoms with Gasteiger partial charge in [-0.25, -0.2) is 4.98 Å². The molecule has 4 nitrogen and oxygen atoms in total. The van der Waals surface area contributed by atoms with Gasteiger partial charge in [-0.15, -0.1) is 11.3 Å². The molecule has 0 atom stereocenters. The van der Waals surface area contributed by atoms with E-state index in [9.17, 15) is 4.79 Å². The molecule has 0 aliphatic heterocycles. The van der Waals surface area contributed by atoms with E-state index in [2.05, 4.69) is 43.2 Å². The van der Waals surface area contributed by atoms with Crippen molar-refractivity contribution in [3.05, 3.63) is 64.0 Å². The predicted octanol–water partition coefficient (Wildman–Crippen LogP) is 5.00. The molecular formula is C20H20N2O2S. The lowest BCUT2D eigenvalue weighted by molar-refractivity contribution is 0.102. The van der Waals surface area contributed by atoms with Gasteiger partial charge in [0.2, 0.25) is 0 Å². The van der Waals surface area contributed by atoms with Crippen molar-refractivity contribution in [3.8, 4) is 17.0 Å². The monoisotopic (exact) mass is 352 g/mol. The summed E-state index contributed by atoms with van der Waals surface area (Å²) in [5.41, 5.74) is 6.21. The van der Waals surface area contributed by atoms with Crippen molar-refractivity contribution in [1.29, 1.82) is 0 Å². The van der Waals surface area contributed by atoms with Crippen LogP contribution in [0.15, 0.2) is 41.8 Å². The molecule has 128 valence electrons.